The summed E-state index contributed by atoms with van der Waals surface area (Å²) < 4.78 is 40.2. The number of carbonyl (C=O) groups excluding carboxylic acids is 2. The van der Waals surface area contributed by atoms with Crippen LogP contribution in [0.1, 0.15) is 26.7 Å². The molecule has 0 bridgehead atoms. The Morgan fingerprint density at radius 3 is 2.48 bits per heavy atom. The average molecular weight is 300 g/mol. The molecule has 1 aliphatic heterocycles. The van der Waals surface area contributed by atoms with Gasteiger partial charge in [0.2, 0.25) is 11.8 Å². The number of anilines is 1. The average Bonchev–Trinajstić information content (AvgIpc) is 2.45. The normalized spacial score (nSPS) is 22.4. The quantitative estimate of drug-likeness (QED) is 0.869. The van der Waals surface area contributed by atoms with E-state index >= 15 is 0 Å². The van der Waals surface area contributed by atoms with Crippen molar-refractivity contribution in [2.75, 3.05) is 4.90 Å². The highest BCUT2D eigenvalue weighted by atomic mass is 19.2. The second-order valence-corrected chi connectivity index (χ2v) is 4.93. The summed E-state index contributed by atoms with van der Waals surface area (Å²) in [5.41, 5.74) is -0.428. The topological polar surface area (TPSA) is 49.4 Å². The van der Waals surface area contributed by atoms with Crippen molar-refractivity contribution in [3.63, 3.8) is 0 Å². The van der Waals surface area contributed by atoms with Gasteiger partial charge in [0, 0.05) is 0 Å². The van der Waals surface area contributed by atoms with Crippen LogP contribution >= 0.6 is 0 Å². The highest BCUT2D eigenvalue weighted by molar-refractivity contribution is 6.08. The molecule has 1 heterocycles. The third kappa shape index (κ3) is 2.59. The second-order valence-electron chi connectivity index (χ2n) is 4.93. The zero-order chi connectivity index (χ0) is 15.7. The van der Waals surface area contributed by atoms with E-state index in [0.717, 1.165) is 17.0 Å². The van der Waals surface area contributed by atoms with E-state index in [4.69, 9.17) is 0 Å². The van der Waals surface area contributed by atoms with E-state index in [9.17, 15) is 22.8 Å². The largest absolute Gasteiger partial charge is 0.342 e. The fourth-order valence-electron chi connectivity index (χ4n) is 2.34. The summed E-state index contributed by atoms with van der Waals surface area (Å²) in [4.78, 5) is 25.1. The third-order valence-corrected chi connectivity index (χ3v) is 3.47. The maximum atomic E-state index is 13.9. The zero-order valence-electron chi connectivity index (χ0n) is 11.6. The van der Waals surface area contributed by atoms with Crippen molar-refractivity contribution < 1.29 is 22.8 Å². The number of piperazine rings is 1. The summed E-state index contributed by atoms with van der Waals surface area (Å²) in [6.45, 7) is 3.23. The molecule has 1 fully saturated rings. The molecule has 114 valence electrons. The molecule has 1 N–H and O–H groups in total. The van der Waals surface area contributed by atoms with Gasteiger partial charge in [-0.15, -0.1) is 0 Å². The van der Waals surface area contributed by atoms with Gasteiger partial charge < -0.3 is 5.32 Å². The highest BCUT2D eigenvalue weighted by Gasteiger charge is 2.40. The zero-order valence-corrected chi connectivity index (χ0v) is 11.6. The fourth-order valence-corrected chi connectivity index (χ4v) is 2.34. The molecule has 2 atom stereocenters. The molecule has 21 heavy (non-hydrogen) atoms. The molecule has 1 aromatic carbocycles. The molecule has 7 heteroatoms. The van der Waals surface area contributed by atoms with Crippen LogP contribution in [0.2, 0.25) is 0 Å². The minimum atomic E-state index is -1.66. The van der Waals surface area contributed by atoms with Crippen LogP contribution in [-0.4, -0.2) is 23.9 Å². The van der Waals surface area contributed by atoms with Gasteiger partial charge in [-0.25, -0.2) is 13.2 Å². The standard InChI is InChI=1S/C14H15F3N2O2/c1-3-4-9-14(21)19(7(2)13(20)18-9)10-6-5-8(15)11(16)12(10)17/h5-7,9H,3-4H2,1-2H3,(H,18,20). The number of benzene rings is 1. The van der Waals surface area contributed by atoms with E-state index in [2.05, 4.69) is 5.32 Å². The van der Waals surface area contributed by atoms with Crippen molar-refractivity contribution >= 4 is 17.5 Å². The maximum absolute atomic E-state index is 13.9. The number of nitrogens with one attached hydrogen (secondary N) is 1. The Labute approximate surface area is 119 Å². The Balaban J connectivity index is 2.46. The Bertz CT molecular complexity index is 592. The first-order valence-corrected chi connectivity index (χ1v) is 6.65. The minimum absolute atomic E-state index is 0.388. The van der Waals surface area contributed by atoms with Crippen molar-refractivity contribution in [1.29, 1.82) is 0 Å². The van der Waals surface area contributed by atoms with Crippen molar-refractivity contribution in [2.45, 2.75) is 38.8 Å². The Hall–Kier alpha value is -2.05. The first kappa shape index (κ1) is 15.3. The Morgan fingerprint density at radius 2 is 1.86 bits per heavy atom. The smallest absolute Gasteiger partial charge is 0.250 e. The van der Waals surface area contributed by atoms with Gasteiger partial charge in [0.25, 0.3) is 0 Å². The molecule has 4 nitrogen and oxygen atoms in total. The summed E-state index contributed by atoms with van der Waals surface area (Å²) in [6.07, 6.45) is 1.03. The van der Waals surface area contributed by atoms with E-state index in [1.54, 1.807) is 0 Å². The molecule has 2 rings (SSSR count). The minimum Gasteiger partial charge on any atom is -0.342 e. The molecule has 1 saturated heterocycles. The number of halogens is 3. The third-order valence-electron chi connectivity index (χ3n) is 3.47. The molecule has 0 saturated carbocycles. The van der Waals surface area contributed by atoms with Crippen molar-refractivity contribution in [1.82, 2.24) is 5.32 Å². The van der Waals surface area contributed by atoms with Crippen LogP contribution in [0.25, 0.3) is 0 Å². The number of rotatable bonds is 3. The lowest BCUT2D eigenvalue weighted by molar-refractivity contribution is -0.133. The van der Waals surface area contributed by atoms with E-state index < -0.39 is 47.0 Å². The molecule has 1 aliphatic rings. The van der Waals surface area contributed by atoms with E-state index in [0.29, 0.717) is 12.8 Å². The highest BCUT2D eigenvalue weighted by Crippen LogP contribution is 2.28. The lowest BCUT2D eigenvalue weighted by Crippen LogP contribution is -2.62. The number of hydrogen-bond acceptors (Lipinski definition) is 2. The molecule has 0 radical (unpaired) electrons. The van der Waals surface area contributed by atoms with Crippen molar-refractivity contribution in [3.8, 4) is 0 Å². The van der Waals surface area contributed by atoms with Gasteiger partial charge in [0.05, 0.1) is 5.69 Å². The van der Waals surface area contributed by atoms with Crippen LogP contribution in [-0.2, 0) is 9.59 Å². The van der Waals surface area contributed by atoms with Gasteiger partial charge in [0.1, 0.15) is 12.1 Å². The van der Waals surface area contributed by atoms with Gasteiger partial charge in [-0.05, 0) is 25.5 Å². The Kier molecular flexibility index (Phi) is 4.20. The first-order valence-electron chi connectivity index (χ1n) is 6.65. The predicted octanol–water partition coefficient (Wildman–Crippen LogP) is 2.12. The first-order chi connectivity index (χ1) is 9.88. The van der Waals surface area contributed by atoms with E-state index in [1.807, 2.05) is 6.92 Å². The number of amides is 2. The molecular formula is C14H15F3N2O2. The van der Waals surface area contributed by atoms with Crippen LogP contribution in [0.3, 0.4) is 0 Å². The lowest BCUT2D eigenvalue weighted by atomic mass is 10.0. The fraction of sp³-hybridized carbons (Fsp3) is 0.429. The Morgan fingerprint density at radius 1 is 1.19 bits per heavy atom. The SMILES string of the molecule is CCCC1NC(=O)C(C)N(c2ccc(F)c(F)c2F)C1=O. The van der Waals surface area contributed by atoms with Crippen molar-refractivity contribution in [3.05, 3.63) is 29.6 Å². The van der Waals surface area contributed by atoms with E-state index in [1.165, 1.54) is 6.92 Å². The summed E-state index contributed by atoms with van der Waals surface area (Å²) in [5.74, 6) is -5.47. The summed E-state index contributed by atoms with van der Waals surface area (Å²) >= 11 is 0. The van der Waals surface area contributed by atoms with Gasteiger partial charge in [-0.2, -0.15) is 0 Å². The lowest BCUT2D eigenvalue weighted by Gasteiger charge is -2.37. The monoisotopic (exact) mass is 300 g/mol. The van der Waals surface area contributed by atoms with Gasteiger partial charge >= 0.3 is 0 Å². The van der Waals surface area contributed by atoms with Gasteiger partial charge in [-0.1, -0.05) is 13.3 Å². The molecule has 2 unspecified atom stereocenters. The van der Waals surface area contributed by atoms with Crippen LogP contribution in [0, 0.1) is 17.5 Å². The maximum Gasteiger partial charge on any atom is 0.250 e. The van der Waals surface area contributed by atoms with Crippen LogP contribution in [0.5, 0.6) is 0 Å². The number of carbonyl (C=O) groups is 2. The summed E-state index contributed by atoms with van der Waals surface area (Å²) in [5, 5.41) is 2.54. The molecule has 0 spiro atoms. The van der Waals surface area contributed by atoms with Crippen LogP contribution in [0.4, 0.5) is 18.9 Å². The number of hydrogen-bond donors (Lipinski definition) is 1. The second kappa shape index (κ2) is 5.75. The van der Waals surface area contributed by atoms with Crippen molar-refractivity contribution in [2.24, 2.45) is 0 Å². The summed E-state index contributed by atoms with van der Waals surface area (Å²) in [6, 6.07) is -0.0880. The molecule has 2 amide bonds. The predicted molar refractivity (Wildman–Crippen MR) is 70.1 cm³/mol. The van der Waals surface area contributed by atoms with Gasteiger partial charge in [0.15, 0.2) is 17.5 Å². The number of nitrogens with zero attached hydrogens (tertiary/aromatic N) is 1. The van der Waals surface area contributed by atoms with Gasteiger partial charge in [-0.3, -0.25) is 14.5 Å². The molecule has 0 aromatic heterocycles. The molecule has 1 aromatic rings. The van der Waals surface area contributed by atoms with Crippen LogP contribution in [0.15, 0.2) is 12.1 Å². The van der Waals surface area contributed by atoms with E-state index in [-0.39, 0.29) is 0 Å². The summed E-state index contributed by atoms with van der Waals surface area (Å²) in [7, 11) is 0. The molecular weight excluding hydrogens is 285 g/mol. The van der Waals surface area contributed by atoms with Crippen LogP contribution < -0.4 is 10.2 Å². The molecule has 0 aliphatic carbocycles.